The zero-order valence-corrected chi connectivity index (χ0v) is 12.5. The zero-order chi connectivity index (χ0) is 15.5. The fourth-order valence-electron chi connectivity index (χ4n) is 2.15. The monoisotopic (exact) mass is 306 g/mol. The summed E-state index contributed by atoms with van der Waals surface area (Å²) in [5, 5.41) is 9.05. The van der Waals surface area contributed by atoms with Crippen LogP contribution in [0.1, 0.15) is 11.4 Å². The molecular weight excluding hydrogens is 296 g/mol. The van der Waals surface area contributed by atoms with Gasteiger partial charge in [-0.05, 0) is 47.9 Å². The van der Waals surface area contributed by atoms with Gasteiger partial charge in [0.1, 0.15) is 5.82 Å². The van der Waals surface area contributed by atoms with Gasteiger partial charge in [0.15, 0.2) is 5.82 Å². The molecule has 4 nitrogen and oxygen atoms in total. The lowest BCUT2D eigenvalue weighted by Crippen LogP contribution is -1.96. The Kier molecular flexibility index (Phi) is 3.82. The third-order valence-corrected chi connectivity index (χ3v) is 3.36. The molecule has 0 amide bonds. The van der Waals surface area contributed by atoms with E-state index < -0.39 is 0 Å². The fourth-order valence-corrected chi connectivity index (χ4v) is 2.36. The minimum atomic E-state index is 0.186. The van der Waals surface area contributed by atoms with Crippen LogP contribution in [0.3, 0.4) is 0 Å². The van der Waals surface area contributed by atoms with E-state index in [0.29, 0.717) is 17.2 Å². The van der Waals surface area contributed by atoms with Gasteiger partial charge in [0.2, 0.25) is 5.28 Å². The second-order valence-electron chi connectivity index (χ2n) is 4.75. The van der Waals surface area contributed by atoms with Crippen molar-refractivity contribution in [3.05, 3.63) is 65.2 Å². The number of hydrogen-bond acceptors (Lipinski definition) is 4. The van der Waals surface area contributed by atoms with Crippen LogP contribution in [-0.2, 0) is 0 Å². The quantitative estimate of drug-likeness (QED) is 0.717. The first-order valence-corrected chi connectivity index (χ1v) is 7.02. The molecule has 106 valence electrons. The number of aromatic nitrogens is 3. The van der Waals surface area contributed by atoms with Crippen LogP contribution in [0.25, 0.3) is 22.5 Å². The molecule has 0 unspecified atom stereocenters. The molecule has 0 saturated carbocycles. The summed E-state index contributed by atoms with van der Waals surface area (Å²) in [5.41, 5.74) is 3.56. The van der Waals surface area contributed by atoms with Crippen LogP contribution in [0, 0.1) is 18.3 Å². The van der Waals surface area contributed by atoms with E-state index in [4.69, 9.17) is 16.9 Å². The zero-order valence-electron chi connectivity index (χ0n) is 11.8. The Morgan fingerprint density at radius 1 is 0.909 bits per heavy atom. The normalized spacial score (nSPS) is 10.2. The lowest BCUT2D eigenvalue weighted by molar-refractivity contribution is 0.984. The summed E-state index contributed by atoms with van der Waals surface area (Å²) in [7, 11) is 0. The number of halogens is 1. The van der Waals surface area contributed by atoms with Gasteiger partial charge in [-0.1, -0.05) is 30.3 Å². The highest BCUT2D eigenvalue weighted by Gasteiger charge is 2.07. The number of benzene rings is 2. The predicted octanol–water partition coefficient (Wildman–Crippen LogP) is 4.04. The van der Waals surface area contributed by atoms with Crippen molar-refractivity contribution in [3.63, 3.8) is 0 Å². The third kappa shape index (κ3) is 2.95. The summed E-state index contributed by atoms with van der Waals surface area (Å²) in [6, 6.07) is 17.4. The van der Waals surface area contributed by atoms with Crippen molar-refractivity contribution in [1.29, 1.82) is 5.26 Å². The van der Waals surface area contributed by atoms with Crippen LogP contribution in [0.15, 0.2) is 48.5 Å². The molecule has 0 saturated heterocycles. The highest BCUT2D eigenvalue weighted by Crippen LogP contribution is 2.25. The number of hydrogen-bond donors (Lipinski definition) is 0. The maximum absolute atomic E-state index is 8.86. The molecule has 5 heteroatoms. The van der Waals surface area contributed by atoms with Crippen molar-refractivity contribution in [1.82, 2.24) is 15.0 Å². The molecule has 2 aromatic carbocycles. The number of rotatable bonds is 2. The standard InChI is InChI=1S/C17H11ClN4/c1-11-20-16(22-17(18)21-11)15-4-2-3-14(9-15)13-7-5-12(10-19)6-8-13/h2-9H,1H3. The van der Waals surface area contributed by atoms with Crippen molar-refractivity contribution < 1.29 is 0 Å². The van der Waals surface area contributed by atoms with Crippen LogP contribution in [-0.4, -0.2) is 15.0 Å². The van der Waals surface area contributed by atoms with Crippen molar-refractivity contribution in [2.24, 2.45) is 0 Å². The lowest BCUT2D eigenvalue weighted by Gasteiger charge is -2.06. The summed E-state index contributed by atoms with van der Waals surface area (Å²) in [5.74, 6) is 1.13. The first-order chi connectivity index (χ1) is 10.7. The smallest absolute Gasteiger partial charge is 0.213 e. The Hall–Kier alpha value is -2.77. The Bertz CT molecular complexity index is 846. The topological polar surface area (TPSA) is 62.5 Å². The van der Waals surface area contributed by atoms with E-state index in [-0.39, 0.29) is 5.28 Å². The Balaban J connectivity index is 2.03. The summed E-state index contributed by atoms with van der Waals surface area (Å²) in [4.78, 5) is 12.5. The minimum absolute atomic E-state index is 0.186. The molecule has 0 aliphatic carbocycles. The molecule has 0 N–H and O–H groups in total. The van der Waals surface area contributed by atoms with Gasteiger partial charge >= 0.3 is 0 Å². The molecule has 1 aromatic heterocycles. The molecule has 0 bridgehead atoms. The third-order valence-electron chi connectivity index (χ3n) is 3.19. The summed E-state index contributed by atoms with van der Waals surface area (Å²) < 4.78 is 0. The first kappa shape index (κ1) is 14.2. The van der Waals surface area contributed by atoms with Gasteiger partial charge in [-0.2, -0.15) is 10.2 Å². The summed E-state index contributed by atoms with van der Waals surface area (Å²) in [6.07, 6.45) is 0. The van der Waals surface area contributed by atoms with Crippen molar-refractivity contribution in [2.45, 2.75) is 6.92 Å². The van der Waals surface area contributed by atoms with Gasteiger partial charge in [-0.15, -0.1) is 0 Å². The molecule has 0 fully saturated rings. The highest BCUT2D eigenvalue weighted by atomic mass is 35.5. The predicted molar refractivity (Wildman–Crippen MR) is 85.2 cm³/mol. The SMILES string of the molecule is Cc1nc(Cl)nc(-c2cccc(-c3ccc(C#N)cc3)c2)n1. The largest absolute Gasteiger partial charge is 0.226 e. The molecule has 1 heterocycles. The van der Waals surface area contributed by atoms with E-state index in [9.17, 15) is 0 Å². The average molecular weight is 307 g/mol. The minimum Gasteiger partial charge on any atom is -0.213 e. The molecule has 0 atom stereocenters. The maximum atomic E-state index is 8.86. The van der Waals surface area contributed by atoms with E-state index in [1.807, 2.05) is 36.4 Å². The molecule has 0 aliphatic heterocycles. The summed E-state index contributed by atoms with van der Waals surface area (Å²) in [6.45, 7) is 1.78. The number of nitriles is 1. The second kappa shape index (κ2) is 5.92. The molecule has 22 heavy (non-hydrogen) atoms. The maximum Gasteiger partial charge on any atom is 0.226 e. The highest BCUT2D eigenvalue weighted by molar-refractivity contribution is 6.28. The molecule has 3 aromatic rings. The Morgan fingerprint density at radius 2 is 1.64 bits per heavy atom. The van der Waals surface area contributed by atoms with Gasteiger partial charge in [0.05, 0.1) is 11.6 Å². The van der Waals surface area contributed by atoms with Gasteiger partial charge in [0, 0.05) is 5.56 Å². The van der Waals surface area contributed by atoms with Crippen molar-refractivity contribution in [3.8, 4) is 28.6 Å². The van der Waals surface area contributed by atoms with Gasteiger partial charge in [0.25, 0.3) is 0 Å². The van der Waals surface area contributed by atoms with Crippen LogP contribution in [0.5, 0.6) is 0 Å². The van der Waals surface area contributed by atoms with Gasteiger partial charge in [-0.25, -0.2) is 9.97 Å². The lowest BCUT2D eigenvalue weighted by atomic mass is 10.0. The molecule has 0 radical (unpaired) electrons. The first-order valence-electron chi connectivity index (χ1n) is 6.65. The second-order valence-corrected chi connectivity index (χ2v) is 5.08. The van der Waals surface area contributed by atoms with E-state index in [1.54, 1.807) is 19.1 Å². The van der Waals surface area contributed by atoms with Crippen molar-refractivity contribution >= 4 is 11.6 Å². The molecule has 3 rings (SSSR count). The van der Waals surface area contributed by atoms with E-state index in [0.717, 1.165) is 16.7 Å². The number of aryl methyl sites for hydroxylation is 1. The van der Waals surface area contributed by atoms with Crippen LogP contribution in [0.2, 0.25) is 5.28 Å². The van der Waals surface area contributed by atoms with Gasteiger partial charge < -0.3 is 0 Å². The Labute approximate surface area is 133 Å². The summed E-state index contributed by atoms with van der Waals surface area (Å²) >= 11 is 5.90. The van der Waals surface area contributed by atoms with Crippen LogP contribution >= 0.6 is 11.6 Å². The van der Waals surface area contributed by atoms with Gasteiger partial charge in [-0.3, -0.25) is 0 Å². The van der Waals surface area contributed by atoms with Crippen LogP contribution < -0.4 is 0 Å². The van der Waals surface area contributed by atoms with Crippen LogP contribution in [0.4, 0.5) is 0 Å². The molecule has 0 spiro atoms. The van der Waals surface area contributed by atoms with E-state index in [2.05, 4.69) is 21.0 Å². The fraction of sp³-hybridized carbons (Fsp3) is 0.0588. The van der Waals surface area contributed by atoms with Crippen molar-refractivity contribution in [2.75, 3.05) is 0 Å². The molecular formula is C17H11ClN4. The van der Waals surface area contributed by atoms with E-state index >= 15 is 0 Å². The average Bonchev–Trinajstić information content (AvgIpc) is 2.54. The molecule has 0 aliphatic rings. The Morgan fingerprint density at radius 3 is 2.32 bits per heavy atom. The number of nitrogens with zero attached hydrogens (tertiary/aromatic N) is 4. The van der Waals surface area contributed by atoms with E-state index in [1.165, 1.54) is 0 Å².